The molecular formula is C23H20N2O. The zero-order valence-corrected chi connectivity index (χ0v) is 14.8. The molecule has 0 fully saturated rings. The molecule has 0 aliphatic rings. The number of hydrogen-bond acceptors (Lipinski definition) is 3. The van der Waals surface area contributed by atoms with Gasteiger partial charge in [0, 0.05) is 25.2 Å². The van der Waals surface area contributed by atoms with Crippen molar-refractivity contribution in [2.24, 2.45) is 5.10 Å². The molecule has 128 valence electrons. The number of benzene rings is 4. The van der Waals surface area contributed by atoms with Gasteiger partial charge in [-0.2, -0.15) is 5.10 Å². The topological polar surface area (TPSA) is 35.8 Å². The second kappa shape index (κ2) is 6.52. The Kier molecular flexibility index (Phi) is 4.05. The molecular weight excluding hydrogens is 320 g/mol. The van der Waals surface area contributed by atoms with Gasteiger partial charge < -0.3 is 10.1 Å². The third-order valence-corrected chi connectivity index (χ3v) is 4.54. The standard InChI is InChI=1S/C23H20N2O/c1-25(2)24-15-18-14-17-9-4-6-12-20(17)22(23(18)26)21-13-7-10-16-8-3-5-11-19(16)21/h3-15,26H,1-2H3/b24-15+. The molecule has 0 heterocycles. The van der Waals surface area contributed by atoms with E-state index in [1.165, 1.54) is 0 Å². The van der Waals surface area contributed by atoms with Crippen LogP contribution in [-0.2, 0) is 0 Å². The Bertz CT molecular complexity index is 1120. The summed E-state index contributed by atoms with van der Waals surface area (Å²) in [5.74, 6) is 0.255. The first-order valence-corrected chi connectivity index (χ1v) is 8.59. The van der Waals surface area contributed by atoms with Crippen molar-refractivity contribution in [3.63, 3.8) is 0 Å². The minimum atomic E-state index is 0.255. The van der Waals surface area contributed by atoms with Gasteiger partial charge in [-0.1, -0.05) is 66.7 Å². The van der Waals surface area contributed by atoms with Crippen molar-refractivity contribution in [1.29, 1.82) is 0 Å². The largest absolute Gasteiger partial charge is 0.507 e. The van der Waals surface area contributed by atoms with Crippen LogP contribution in [0.4, 0.5) is 0 Å². The summed E-state index contributed by atoms with van der Waals surface area (Å²) >= 11 is 0. The number of fused-ring (bicyclic) bond motifs is 2. The maximum Gasteiger partial charge on any atom is 0.132 e. The molecule has 0 unspecified atom stereocenters. The van der Waals surface area contributed by atoms with E-state index in [-0.39, 0.29) is 5.75 Å². The normalized spacial score (nSPS) is 11.5. The van der Waals surface area contributed by atoms with E-state index in [1.54, 1.807) is 11.2 Å². The summed E-state index contributed by atoms with van der Waals surface area (Å²) in [6.07, 6.45) is 1.70. The second-order valence-corrected chi connectivity index (χ2v) is 6.53. The Hall–Kier alpha value is -3.33. The maximum atomic E-state index is 11.1. The molecule has 0 bridgehead atoms. The molecule has 3 heteroatoms. The van der Waals surface area contributed by atoms with Gasteiger partial charge in [0.15, 0.2) is 0 Å². The predicted molar refractivity (Wildman–Crippen MR) is 110 cm³/mol. The molecule has 26 heavy (non-hydrogen) atoms. The number of hydrogen-bond donors (Lipinski definition) is 1. The number of nitrogens with zero attached hydrogens (tertiary/aromatic N) is 2. The van der Waals surface area contributed by atoms with Crippen molar-refractivity contribution in [3.05, 3.63) is 78.4 Å². The molecule has 4 aromatic carbocycles. The van der Waals surface area contributed by atoms with E-state index >= 15 is 0 Å². The van der Waals surface area contributed by atoms with Crippen LogP contribution in [0.15, 0.2) is 77.9 Å². The average Bonchev–Trinajstić information content (AvgIpc) is 2.66. The fourth-order valence-electron chi connectivity index (χ4n) is 3.35. The number of phenolic OH excluding ortho intramolecular Hbond substituents is 1. The minimum Gasteiger partial charge on any atom is -0.507 e. The third-order valence-electron chi connectivity index (χ3n) is 4.54. The first-order valence-electron chi connectivity index (χ1n) is 8.59. The Morgan fingerprint density at radius 1 is 0.808 bits per heavy atom. The van der Waals surface area contributed by atoms with Gasteiger partial charge in [-0.15, -0.1) is 0 Å². The van der Waals surface area contributed by atoms with E-state index in [0.717, 1.165) is 32.7 Å². The Balaban J connectivity index is 2.09. The predicted octanol–water partition coefficient (Wildman–Crippen LogP) is 5.26. The van der Waals surface area contributed by atoms with E-state index in [1.807, 2.05) is 50.5 Å². The highest BCUT2D eigenvalue weighted by atomic mass is 16.3. The van der Waals surface area contributed by atoms with Gasteiger partial charge in [0.2, 0.25) is 0 Å². The highest BCUT2D eigenvalue weighted by molar-refractivity contribution is 6.10. The van der Waals surface area contributed by atoms with Crippen molar-refractivity contribution in [1.82, 2.24) is 5.01 Å². The summed E-state index contributed by atoms with van der Waals surface area (Å²) in [6.45, 7) is 0. The SMILES string of the molecule is CN(C)/N=C/c1cc2ccccc2c(-c2cccc3ccccc23)c1O. The molecule has 0 saturated heterocycles. The maximum absolute atomic E-state index is 11.1. The lowest BCUT2D eigenvalue weighted by Crippen LogP contribution is -2.02. The zero-order valence-electron chi connectivity index (χ0n) is 14.8. The van der Waals surface area contributed by atoms with Crippen molar-refractivity contribution >= 4 is 27.8 Å². The van der Waals surface area contributed by atoms with Gasteiger partial charge in [-0.05, 0) is 33.2 Å². The molecule has 0 saturated carbocycles. The van der Waals surface area contributed by atoms with Crippen LogP contribution in [0.2, 0.25) is 0 Å². The Labute approximate surface area is 152 Å². The summed E-state index contributed by atoms with van der Waals surface area (Å²) in [4.78, 5) is 0. The van der Waals surface area contributed by atoms with Crippen LogP contribution in [0, 0.1) is 0 Å². The summed E-state index contributed by atoms with van der Waals surface area (Å²) in [6, 6.07) is 24.6. The van der Waals surface area contributed by atoms with Crippen LogP contribution in [0.1, 0.15) is 5.56 Å². The molecule has 0 aromatic heterocycles. The molecule has 0 atom stereocenters. The van der Waals surface area contributed by atoms with Gasteiger partial charge in [-0.3, -0.25) is 0 Å². The average molecular weight is 340 g/mol. The van der Waals surface area contributed by atoms with Gasteiger partial charge >= 0.3 is 0 Å². The highest BCUT2D eigenvalue weighted by Crippen LogP contribution is 2.41. The molecule has 0 aliphatic heterocycles. The summed E-state index contributed by atoms with van der Waals surface area (Å²) in [5.41, 5.74) is 2.58. The van der Waals surface area contributed by atoms with E-state index in [9.17, 15) is 5.11 Å². The van der Waals surface area contributed by atoms with Crippen LogP contribution in [0.3, 0.4) is 0 Å². The van der Waals surface area contributed by atoms with Crippen molar-refractivity contribution in [2.45, 2.75) is 0 Å². The number of phenols is 1. The molecule has 3 nitrogen and oxygen atoms in total. The Morgan fingerprint density at radius 2 is 1.46 bits per heavy atom. The Morgan fingerprint density at radius 3 is 2.23 bits per heavy atom. The number of hydrazone groups is 1. The monoisotopic (exact) mass is 340 g/mol. The van der Waals surface area contributed by atoms with Crippen LogP contribution >= 0.6 is 0 Å². The van der Waals surface area contributed by atoms with Crippen molar-refractivity contribution < 1.29 is 5.11 Å². The first-order chi connectivity index (χ1) is 12.6. The summed E-state index contributed by atoms with van der Waals surface area (Å²) in [7, 11) is 3.72. The molecule has 0 radical (unpaired) electrons. The molecule has 0 aliphatic carbocycles. The lowest BCUT2D eigenvalue weighted by Gasteiger charge is -2.15. The van der Waals surface area contributed by atoms with Gasteiger partial charge in [0.1, 0.15) is 5.75 Å². The van der Waals surface area contributed by atoms with Crippen LogP contribution in [-0.4, -0.2) is 30.4 Å². The van der Waals surface area contributed by atoms with E-state index < -0.39 is 0 Å². The lowest BCUT2D eigenvalue weighted by molar-refractivity contribution is 0.439. The zero-order chi connectivity index (χ0) is 18.1. The summed E-state index contributed by atoms with van der Waals surface area (Å²) < 4.78 is 0. The van der Waals surface area contributed by atoms with E-state index in [2.05, 4.69) is 41.5 Å². The lowest BCUT2D eigenvalue weighted by atomic mass is 9.91. The molecule has 4 rings (SSSR count). The third kappa shape index (κ3) is 2.78. The molecule has 1 N–H and O–H groups in total. The first kappa shape index (κ1) is 16.2. The fourth-order valence-corrected chi connectivity index (χ4v) is 3.35. The van der Waals surface area contributed by atoms with Crippen molar-refractivity contribution in [3.8, 4) is 16.9 Å². The van der Waals surface area contributed by atoms with Crippen LogP contribution in [0.25, 0.3) is 32.7 Å². The van der Waals surface area contributed by atoms with Crippen molar-refractivity contribution in [2.75, 3.05) is 14.1 Å². The van der Waals surface area contributed by atoms with E-state index in [0.29, 0.717) is 5.56 Å². The number of rotatable bonds is 3. The number of aromatic hydroxyl groups is 1. The molecule has 0 spiro atoms. The van der Waals surface area contributed by atoms with Gasteiger partial charge in [0.25, 0.3) is 0 Å². The quantitative estimate of drug-likeness (QED) is 0.408. The molecule has 4 aromatic rings. The summed E-state index contributed by atoms with van der Waals surface area (Å²) in [5, 5.41) is 21.5. The smallest absolute Gasteiger partial charge is 0.132 e. The minimum absolute atomic E-state index is 0.255. The van der Waals surface area contributed by atoms with Gasteiger partial charge in [0.05, 0.1) is 6.21 Å². The molecule has 0 amide bonds. The highest BCUT2D eigenvalue weighted by Gasteiger charge is 2.15. The van der Waals surface area contributed by atoms with Gasteiger partial charge in [-0.25, -0.2) is 0 Å². The van der Waals surface area contributed by atoms with Crippen LogP contribution < -0.4 is 0 Å². The van der Waals surface area contributed by atoms with E-state index in [4.69, 9.17) is 0 Å². The fraction of sp³-hybridized carbons (Fsp3) is 0.0870. The second-order valence-electron chi connectivity index (χ2n) is 6.53. The van der Waals surface area contributed by atoms with Crippen LogP contribution in [0.5, 0.6) is 5.75 Å².